The van der Waals surface area contributed by atoms with Gasteiger partial charge < -0.3 is 61.0 Å². The molecule has 20 heteroatoms. The third-order valence-electron chi connectivity index (χ3n) is 22.7. The van der Waals surface area contributed by atoms with Crippen LogP contribution in [0.3, 0.4) is 0 Å². The Hall–Kier alpha value is -4.15. The lowest BCUT2D eigenvalue weighted by Crippen LogP contribution is -2.76. The monoisotopic (exact) mass is 1340 g/mol. The van der Waals surface area contributed by atoms with Gasteiger partial charge in [0.15, 0.2) is 6.23 Å². The number of carbonyl (C=O) groups is 1. The number of alkyl halides is 3. The van der Waals surface area contributed by atoms with Gasteiger partial charge in [0.25, 0.3) is 0 Å². The Bertz CT molecular complexity index is 2640. The van der Waals surface area contributed by atoms with Crippen molar-refractivity contribution in [2.75, 3.05) is 79.7 Å². The van der Waals surface area contributed by atoms with E-state index in [-0.39, 0.29) is 90.1 Å². The molecule has 1 aromatic carbocycles. The molecule has 4 aliphatic heterocycles. The van der Waals surface area contributed by atoms with Crippen molar-refractivity contribution in [1.82, 2.24) is 56.4 Å². The smallest absolute Gasteiger partial charge is 0.378 e. The van der Waals surface area contributed by atoms with Crippen molar-refractivity contribution in [2.24, 2.45) is 34.6 Å². The molecule has 6 N–H and O–H groups in total. The van der Waals surface area contributed by atoms with E-state index in [1.165, 1.54) is 69.2 Å². The zero-order valence-electron chi connectivity index (χ0n) is 60.3. The van der Waals surface area contributed by atoms with Gasteiger partial charge >= 0.3 is 6.18 Å². The van der Waals surface area contributed by atoms with Crippen LogP contribution in [0, 0.1) is 41.2 Å². The molecule has 0 radical (unpaired) electrons. The van der Waals surface area contributed by atoms with Crippen LogP contribution in [0.15, 0.2) is 65.1 Å². The summed E-state index contributed by atoms with van der Waals surface area (Å²) in [6, 6.07) is 3.11. The molecule has 7 aliphatic rings. The first-order chi connectivity index (χ1) is 45.5. The molecule has 95 heavy (non-hydrogen) atoms. The molecule has 0 aromatic heterocycles. The van der Waals surface area contributed by atoms with Crippen molar-refractivity contribution in [3.05, 3.63) is 82.9 Å². The minimum Gasteiger partial charge on any atom is -0.378 e. The van der Waals surface area contributed by atoms with Crippen LogP contribution in [-0.2, 0) is 26.9 Å². The van der Waals surface area contributed by atoms with Gasteiger partial charge in [-0.05, 0) is 153 Å². The Morgan fingerprint density at radius 2 is 1.51 bits per heavy atom. The fourth-order valence-corrected chi connectivity index (χ4v) is 17.0. The Balaban J connectivity index is 1.13. The van der Waals surface area contributed by atoms with E-state index in [9.17, 15) is 26.7 Å². The zero-order chi connectivity index (χ0) is 68.4. The Morgan fingerprint density at radius 1 is 0.811 bits per heavy atom. The molecule has 4 heterocycles. The fraction of sp³-hybridized carbons (Fsp3) is 0.787. The number of nitrogens with zero attached hydrogens (tertiary/aromatic N) is 6. The van der Waals surface area contributed by atoms with Gasteiger partial charge in [-0.3, -0.25) is 14.7 Å². The first kappa shape index (κ1) is 76.6. The minimum absolute atomic E-state index is 0.0289. The van der Waals surface area contributed by atoms with E-state index < -0.39 is 29.6 Å². The van der Waals surface area contributed by atoms with Crippen LogP contribution in [0.4, 0.5) is 22.0 Å². The number of morpholine rings is 1. The third kappa shape index (κ3) is 21.4. The van der Waals surface area contributed by atoms with Crippen molar-refractivity contribution in [3.8, 4) is 0 Å². The van der Waals surface area contributed by atoms with Crippen LogP contribution in [0.2, 0.25) is 0 Å². The average Bonchev–Trinajstić information content (AvgIpc) is 1.31. The number of aliphatic imine (C=N–C) groups is 1. The summed E-state index contributed by atoms with van der Waals surface area (Å²) in [5, 5.41) is 24.1. The average molecular weight is 1340 g/mol. The van der Waals surface area contributed by atoms with Gasteiger partial charge in [-0.15, -0.1) is 0 Å². The molecule has 12 atom stereocenters. The number of hydrogen-bond acceptors (Lipinski definition) is 14. The SMILES string of the molecule is CCO[C@@H]1CNCC2(CCCC2)NC(C)[C@H](C2CCCC2)N2C(C)[C@H](C(=O)N3CCOCC3)C2CNC(C)[C@H](CC(C)C)NC[C@H]([C@@H](C)CC)NC(C)[C@H](C)N2CCCC2=CN(C)C(CC2CCCCC2)=CN(C)C=CNC(CCc2cc(F)c(C(F)(F)F)c(F)c2)=CC=N1. The van der Waals surface area contributed by atoms with Crippen molar-refractivity contribution in [2.45, 2.75) is 270 Å². The van der Waals surface area contributed by atoms with Crippen LogP contribution < -0.4 is 31.9 Å². The summed E-state index contributed by atoms with van der Waals surface area (Å²) in [6.45, 7) is 29.8. The first-order valence-electron chi connectivity index (χ1n) is 37.3. The van der Waals surface area contributed by atoms with E-state index in [1.54, 1.807) is 6.21 Å². The van der Waals surface area contributed by atoms with Crippen LogP contribution in [0.25, 0.3) is 0 Å². The van der Waals surface area contributed by atoms with E-state index in [0.717, 1.165) is 96.1 Å². The minimum atomic E-state index is -5.16. The topological polar surface area (TPSA) is 136 Å². The van der Waals surface area contributed by atoms with Crippen LogP contribution in [0.5, 0.6) is 0 Å². The summed E-state index contributed by atoms with van der Waals surface area (Å²) in [4.78, 5) is 31.7. The molecule has 15 nitrogen and oxygen atoms in total. The highest BCUT2D eigenvalue weighted by Gasteiger charge is 2.56. The Kier molecular flexibility index (Phi) is 29.7. The number of hydrogen-bond donors (Lipinski definition) is 6. The van der Waals surface area contributed by atoms with E-state index in [4.69, 9.17) is 14.5 Å². The molecule has 8 rings (SSSR count). The maximum absolute atomic E-state index is 15.0. The molecule has 6 fully saturated rings. The molecule has 1 spiro atoms. The number of amides is 1. The molecule has 0 bridgehead atoms. The predicted molar refractivity (Wildman–Crippen MR) is 375 cm³/mol. The van der Waals surface area contributed by atoms with Gasteiger partial charge in [0.2, 0.25) is 5.91 Å². The third-order valence-corrected chi connectivity index (χ3v) is 22.7. The van der Waals surface area contributed by atoms with Gasteiger partial charge in [0.05, 0.1) is 19.1 Å². The quantitative estimate of drug-likeness (QED) is 0.105. The summed E-state index contributed by atoms with van der Waals surface area (Å²) >= 11 is 0. The van der Waals surface area contributed by atoms with Gasteiger partial charge in [0, 0.05) is 175 Å². The normalized spacial score (nSPS) is 30.7. The number of fused-ring (bicyclic) bond motifs is 2. The number of benzene rings is 1. The van der Waals surface area contributed by atoms with Gasteiger partial charge in [-0.1, -0.05) is 91.9 Å². The molecule has 3 saturated carbocycles. The maximum Gasteiger partial charge on any atom is 0.422 e. The number of nitrogens with one attached hydrogen (secondary N) is 6. The van der Waals surface area contributed by atoms with Crippen molar-refractivity contribution in [1.29, 1.82) is 0 Å². The summed E-state index contributed by atoms with van der Waals surface area (Å²) in [5.74, 6) is -1.11. The van der Waals surface area contributed by atoms with E-state index >= 15 is 0 Å². The lowest BCUT2D eigenvalue weighted by molar-refractivity contribution is -0.165. The molecule has 538 valence electrons. The largest absolute Gasteiger partial charge is 0.422 e. The summed E-state index contributed by atoms with van der Waals surface area (Å²) < 4.78 is 82.8. The van der Waals surface area contributed by atoms with Crippen LogP contribution in [0.1, 0.15) is 202 Å². The highest BCUT2D eigenvalue weighted by atomic mass is 19.4. The Labute approximate surface area is 569 Å². The lowest BCUT2D eigenvalue weighted by atomic mass is 9.74. The number of halogens is 5. The molecule has 3 aliphatic carbocycles. The van der Waals surface area contributed by atoms with Crippen LogP contribution >= 0.6 is 0 Å². The standard InChI is InChI=1S/C75H125F5N12O3/c1-13-52(5)67-45-85-66(41-51(3)4)54(7)84-46-68-70(73(93)90-37-39-94-40-38-90)57(10)92(68)72(60-25-18-19-26-60)55(8)87-74(31-20-21-32-74)50-81-47-69(95-14-2)83-33-30-61(29-28-59-43-64(76)71(65(77)44-59)75(78,79)80)82-34-36-88(11)48-63(42-58-23-16-15-17-24-58)89(12)49-62-27-22-35-91(62)56(9)53(6)86-67/h30,33-34,36,43-44,48-49,51-58,60,66-70,72,81-82,84-87H,13-29,31-32,35,37-42,45-47,50H2,1-12H3/t52-,53?,54?,55?,56-,57?,66-,67+,68?,69+,70-,72+/m0/s1. The number of carbonyl (C=O) groups excluding carboxylic acids is 1. The molecule has 1 amide bonds. The highest BCUT2D eigenvalue weighted by molar-refractivity contribution is 5.81. The second-order valence-electron chi connectivity index (χ2n) is 30.1. The van der Waals surface area contributed by atoms with Crippen LogP contribution in [-0.4, -0.2) is 182 Å². The Morgan fingerprint density at radius 3 is 2.17 bits per heavy atom. The molecular weight excluding hydrogens is 1210 g/mol. The number of aryl methyl sites for hydroxylation is 1. The molecule has 3 saturated heterocycles. The summed E-state index contributed by atoms with van der Waals surface area (Å²) in [7, 11) is 4.20. The van der Waals surface area contributed by atoms with Crippen molar-refractivity contribution < 1.29 is 36.2 Å². The van der Waals surface area contributed by atoms with Gasteiger partial charge in [-0.2, -0.15) is 13.2 Å². The predicted octanol–water partition coefficient (Wildman–Crippen LogP) is 12.7. The van der Waals surface area contributed by atoms with Crippen molar-refractivity contribution >= 4 is 12.1 Å². The maximum atomic E-state index is 15.0. The highest BCUT2D eigenvalue weighted by Crippen LogP contribution is 2.44. The summed E-state index contributed by atoms with van der Waals surface area (Å²) in [6.07, 6.45) is 26.9. The van der Waals surface area contributed by atoms with E-state index in [1.807, 2.05) is 32.4 Å². The first-order valence-corrected chi connectivity index (χ1v) is 37.3. The second kappa shape index (κ2) is 36.8. The molecule has 1 aromatic rings. The van der Waals surface area contributed by atoms with Crippen molar-refractivity contribution in [3.63, 3.8) is 0 Å². The van der Waals surface area contributed by atoms with E-state index in [0.29, 0.717) is 68.8 Å². The molecule has 5 unspecified atom stereocenters. The van der Waals surface area contributed by atoms with Gasteiger partial charge in [-0.25, -0.2) is 8.78 Å². The zero-order valence-corrected chi connectivity index (χ0v) is 60.3. The fourth-order valence-electron chi connectivity index (χ4n) is 17.0. The second-order valence-corrected chi connectivity index (χ2v) is 30.1. The summed E-state index contributed by atoms with van der Waals surface area (Å²) in [5.41, 5.74) is 1.26. The molecular formula is C75H125F5N12O3. The van der Waals surface area contributed by atoms with Gasteiger partial charge in [0.1, 0.15) is 17.2 Å². The number of rotatable bonds is 13. The lowest BCUT2D eigenvalue weighted by Gasteiger charge is -2.60. The number of allylic oxidation sites excluding steroid dienone is 4. The van der Waals surface area contributed by atoms with E-state index in [2.05, 4.69) is 138 Å². The number of ether oxygens (including phenoxy) is 2.